The first-order chi connectivity index (χ1) is 17.1. The van der Waals surface area contributed by atoms with Gasteiger partial charge in [0.1, 0.15) is 11.5 Å². The Labute approximate surface area is 211 Å². The summed E-state index contributed by atoms with van der Waals surface area (Å²) in [6.07, 6.45) is 14.4. The molecule has 2 aromatic carbocycles. The molecule has 35 heavy (non-hydrogen) atoms. The van der Waals surface area contributed by atoms with Crippen molar-refractivity contribution in [2.24, 2.45) is 5.92 Å². The van der Waals surface area contributed by atoms with Gasteiger partial charge in [-0.3, -0.25) is 0 Å². The van der Waals surface area contributed by atoms with Crippen LogP contribution in [0.2, 0.25) is 0 Å². The van der Waals surface area contributed by atoms with Gasteiger partial charge in [-0.2, -0.15) is 5.26 Å². The Balaban J connectivity index is 1.44. The van der Waals surface area contributed by atoms with E-state index in [9.17, 15) is 10.1 Å². The van der Waals surface area contributed by atoms with Crippen molar-refractivity contribution in [3.8, 4) is 17.6 Å². The topological polar surface area (TPSA) is 59.3 Å². The van der Waals surface area contributed by atoms with E-state index in [-0.39, 0.29) is 5.41 Å². The third-order valence-corrected chi connectivity index (χ3v) is 7.15. The number of hydrogen-bond donors (Lipinski definition) is 0. The Morgan fingerprint density at radius 2 is 1.46 bits per heavy atom. The second-order valence-electron chi connectivity index (χ2n) is 9.89. The number of nitrogens with zero attached hydrogens (tertiary/aromatic N) is 1. The largest absolute Gasteiger partial charge is 0.494 e. The minimum atomic E-state index is -0.393. The molecule has 2 aromatic rings. The Morgan fingerprint density at radius 1 is 0.857 bits per heavy atom. The van der Waals surface area contributed by atoms with Gasteiger partial charge in [-0.25, -0.2) is 4.79 Å². The molecule has 0 bridgehead atoms. The first-order valence-corrected chi connectivity index (χ1v) is 13.6. The summed E-state index contributed by atoms with van der Waals surface area (Å²) in [6.45, 7) is 5.14. The van der Waals surface area contributed by atoms with E-state index in [0.717, 1.165) is 30.6 Å². The molecule has 3 rings (SSSR count). The highest BCUT2D eigenvalue weighted by molar-refractivity contribution is 5.91. The number of rotatable bonds is 16. The quantitative estimate of drug-likeness (QED) is 0.139. The van der Waals surface area contributed by atoms with Crippen LogP contribution in [0.15, 0.2) is 48.5 Å². The molecule has 0 N–H and O–H groups in total. The van der Waals surface area contributed by atoms with E-state index in [1.54, 1.807) is 24.3 Å². The number of unbranched alkanes of at least 4 members (excludes halogenated alkanes) is 8. The summed E-state index contributed by atoms with van der Waals surface area (Å²) in [4.78, 5) is 12.6. The summed E-state index contributed by atoms with van der Waals surface area (Å²) < 4.78 is 11.4. The molecule has 0 radical (unpaired) electrons. The predicted molar refractivity (Wildman–Crippen MR) is 141 cm³/mol. The standard InChI is InChI=1S/C31H41NO3/c1-3-5-7-9-10-12-22-34-28-18-14-25(15-19-28)30(33)35-29-20-16-26(17-21-29)31(24-32)23-27(31)13-11-8-6-4-2/h14-21,27H,3-13,22-23H2,1-2H3/t27-,31+/m0/s1. The Morgan fingerprint density at radius 3 is 2.11 bits per heavy atom. The molecule has 1 fully saturated rings. The molecule has 0 unspecified atom stereocenters. The summed E-state index contributed by atoms with van der Waals surface area (Å²) in [6, 6.07) is 17.2. The van der Waals surface area contributed by atoms with E-state index in [1.807, 2.05) is 24.3 Å². The van der Waals surface area contributed by atoms with Crippen molar-refractivity contribution in [3.05, 3.63) is 59.7 Å². The maximum Gasteiger partial charge on any atom is 0.343 e. The van der Waals surface area contributed by atoms with Crippen LogP contribution < -0.4 is 9.47 Å². The van der Waals surface area contributed by atoms with E-state index in [4.69, 9.17) is 9.47 Å². The lowest BCUT2D eigenvalue weighted by Crippen LogP contribution is -2.10. The molecule has 4 heteroatoms. The van der Waals surface area contributed by atoms with Crippen LogP contribution in [0.3, 0.4) is 0 Å². The summed E-state index contributed by atoms with van der Waals surface area (Å²) in [5.74, 6) is 1.32. The number of nitriles is 1. The molecule has 0 heterocycles. The maximum absolute atomic E-state index is 12.6. The van der Waals surface area contributed by atoms with E-state index >= 15 is 0 Å². The van der Waals surface area contributed by atoms with Gasteiger partial charge in [-0.05, 0) is 67.1 Å². The van der Waals surface area contributed by atoms with Crippen molar-refractivity contribution in [1.29, 1.82) is 5.26 Å². The molecular formula is C31H41NO3. The lowest BCUT2D eigenvalue weighted by molar-refractivity contribution is 0.0734. The number of benzene rings is 2. The highest BCUT2D eigenvalue weighted by Gasteiger charge is 2.55. The van der Waals surface area contributed by atoms with Gasteiger partial charge >= 0.3 is 5.97 Å². The average molecular weight is 476 g/mol. The highest BCUT2D eigenvalue weighted by atomic mass is 16.5. The minimum absolute atomic E-state index is 0.361. The van der Waals surface area contributed by atoms with Crippen molar-refractivity contribution in [3.63, 3.8) is 0 Å². The summed E-state index contributed by atoms with van der Waals surface area (Å²) in [7, 11) is 0. The number of ether oxygens (including phenoxy) is 2. The smallest absolute Gasteiger partial charge is 0.343 e. The summed E-state index contributed by atoms with van der Waals surface area (Å²) in [5, 5.41) is 9.84. The third kappa shape index (κ3) is 7.85. The van der Waals surface area contributed by atoms with Gasteiger partial charge in [0.2, 0.25) is 0 Å². The van der Waals surface area contributed by atoms with Crippen LogP contribution in [0.4, 0.5) is 0 Å². The summed E-state index contributed by atoms with van der Waals surface area (Å²) >= 11 is 0. The van der Waals surface area contributed by atoms with Crippen molar-refractivity contribution in [2.45, 2.75) is 96.3 Å². The van der Waals surface area contributed by atoms with Crippen LogP contribution >= 0.6 is 0 Å². The molecule has 188 valence electrons. The van der Waals surface area contributed by atoms with Crippen molar-refractivity contribution < 1.29 is 14.3 Å². The van der Waals surface area contributed by atoms with Crippen LogP contribution in [0.25, 0.3) is 0 Å². The monoisotopic (exact) mass is 475 g/mol. The van der Waals surface area contributed by atoms with Crippen molar-refractivity contribution in [1.82, 2.24) is 0 Å². The Bertz CT molecular complexity index is 945. The lowest BCUT2D eigenvalue weighted by Gasteiger charge is -2.11. The van der Waals surface area contributed by atoms with Crippen LogP contribution in [0, 0.1) is 17.2 Å². The second-order valence-corrected chi connectivity index (χ2v) is 9.89. The van der Waals surface area contributed by atoms with E-state index in [0.29, 0.717) is 23.8 Å². The number of esters is 1. The van der Waals surface area contributed by atoms with Gasteiger partial charge in [0.15, 0.2) is 0 Å². The van der Waals surface area contributed by atoms with Crippen LogP contribution in [-0.4, -0.2) is 12.6 Å². The van der Waals surface area contributed by atoms with Gasteiger partial charge < -0.3 is 9.47 Å². The van der Waals surface area contributed by atoms with Crippen LogP contribution in [0.5, 0.6) is 11.5 Å². The zero-order valence-corrected chi connectivity index (χ0v) is 21.6. The van der Waals surface area contributed by atoms with Crippen molar-refractivity contribution in [2.75, 3.05) is 6.61 Å². The molecular weight excluding hydrogens is 434 g/mol. The molecule has 0 amide bonds. The van der Waals surface area contributed by atoms with Gasteiger partial charge in [0.05, 0.1) is 23.7 Å². The van der Waals surface area contributed by atoms with Crippen molar-refractivity contribution >= 4 is 5.97 Å². The van der Waals surface area contributed by atoms with Gasteiger partial charge in [-0.1, -0.05) is 83.8 Å². The average Bonchev–Trinajstić information content (AvgIpc) is 3.61. The van der Waals surface area contributed by atoms with E-state index in [2.05, 4.69) is 19.9 Å². The minimum Gasteiger partial charge on any atom is -0.494 e. The number of hydrogen-bond acceptors (Lipinski definition) is 4. The van der Waals surface area contributed by atoms with E-state index in [1.165, 1.54) is 57.8 Å². The van der Waals surface area contributed by atoms with Gasteiger partial charge in [0.25, 0.3) is 0 Å². The Kier molecular flexibility index (Phi) is 10.7. The zero-order chi connectivity index (χ0) is 24.9. The van der Waals surface area contributed by atoms with Crippen LogP contribution in [0.1, 0.15) is 107 Å². The maximum atomic E-state index is 12.6. The van der Waals surface area contributed by atoms with Gasteiger partial charge in [-0.15, -0.1) is 0 Å². The SMILES string of the molecule is CCCCCCCCOc1ccc(C(=O)Oc2ccc([C@]3(C#N)C[C@@H]3CCCCCC)cc2)cc1. The molecule has 4 nitrogen and oxygen atoms in total. The normalized spacial score (nSPS) is 18.6. The zero-order valence-electron chi connectivity index (χ0n) is 21.6. The molecule has 0 aliphatic heterocycles. The number of carbonyl (C=O) groups is 1. The lowest BCUT2D eigenvalue weighted by atomic mass is 9.93. The molecule has 0 aromatic heterocycles. The first kappa shape index (κ1) is 26.8. The van der Waals surface area contributed by atoms with Gasteiger partial charge in [0, 0.05) is 0 Å². The molecule has 0 saturated heterocycles. The Hall–Kier alpha value is -2.80. The fraction of sp³-hybridized carbons (Fsp3) is 0.548. The molecule has 1 aliphatic carbocycles. The van der Waals surface area contributed by atoms with E-state index < -0.39 is 5.97 Å². The summed E-state index contributed by atoms with van der Waals surface area (Å²) in [5.41, 5.74) is 1.16. The number of carbonyl (C=O) groups excluding carboxylic acids is 1. The van der Waals surface area contributed by atoms with Crippen LogP contribution in [-0.2, 0) is 5.41 Å². The molecule has 1 aliphatic rings. The fourth-order valence-corrected chi connectivity index (χ4v) is 4.80. The first-order valence-electron chi connectivity index (χ1n) is 13.6. The third-order valence-electron chi connectivity index (χ3n) is 7.15. The fourth-order valence-electron chi connectivity index (χ4n) is 4.80. The molecule has 2 atom stereocenters. The second kappa shape index (κ2) is 13.9. The highest BCUT2D eigenvalue weighted by Crippen LogP contribution is 2.56. The molecule has 0 spiro atoms. The molecule has 1 saturated carbocycles. The predicted octanol–water partition coefficient (Wildman–Crippen LogP) is 8.40.